The highest BCUT2D eigenvalue weighted by atomic mass is 32.2. The quantitative estimate of drug-likeness (QED) is 0.538. The first kappa shape index (κ1) is 18.2. The molecule has 0 aliphatic rings. The van der Waals surface area contributed by atoms with Crippen molar-refractivity contribution in [1.29, 1.82) is 0 Å². The topological polar surface area (TPSA) is 59.9 Å². The molecule has 0 aliphatic carbocycles. The SMILES string of the molecule is COc1ccc(C)cc1Nc1nnc(SCc2csc(C(C)C)n2)s1. The normalized spacial score (nSPS) is 11.1. The molecule has 0 atom stereocenters. The zero-order valence-electron chi connectivity index (χ0n) is 14.6. The summed E-state index contributed by atoms with van der Waals surface area (Å²) in [6, 6.07) is 6.00. The van der Waals surface area contributed by atoms with E-state index in [0.29, 0.717) is 5.92 Å². The van der Waals surface area contributed by atoms with Crippen molar-refractivity contribution in [3.8, 4) is 5.75 Å². The molecular weight excluding hydrogens is 372 g/mol. The molecule has 3 rings (SSSR count). The third-order valence-electron chi connectivity index (χ3n) is 3.41. The van der Waals surface area contributed by atoms with Crippen molar-refractivity contribution >= 4 is 45.3 Å². The third kappa shape index (κ3) is 4.71. The van der Waals surface area contributed by atoms with E-state index in [2.05, 4.69) is 39.7 Å². The zero-order chi connectivity index (χ0) is 17.8. The predicted molar refractivity (Wildman–Crippen MR) is 107 cm³/mol. The van der Waals surface area contributed by atoms with E-state index in [9.17, 15) is 0 Å². The van der Waals surface area contributed by atoms with Crippen LogP contribution in [0, 0.1) is 6.92 Å². The van der Waals surface area contributed by atoms with Crippen LogP contribution < -0.4 is 10.1 Å². The van der Waals surface area contributed by atoms with Gasteiger partial charge in [0, 0.05) is 17.1 Å². The molecule has 5 nitrogen and oxygen atoms in total. The van der Waals surface area contributed by atoms with Crippen molar-refractivity contribution < 1.29 is 4.74 Å². The van der Waals surface area contributed by atoms with E-state index in [1.54, 1.807) is 30.2 Å². The molecule has 0 fully saturated rings. The van der Waals surface area contributed by atoms with Gasteiger partial charge in [-0.15, -0.1) is 21.5 Å². The van der Waals surface area contributed by atoms with Gasteiger partial charge in [-0.2, -0.15) is 0 Å². The molecule has 2 aromatic heterocycles. The highest BCUT2D eigenvalue weighted by Gasteiger charge is 2.11. The summed E-state index contributed by atoms with van der Waals surface area (Å²) in [6.07, 6.45) is 0. The molecule has 0 radical (unpaired) electrons. The predicted octanol–water partition coefficient (Wildman–Crippen LogP) is 5.47. The highest BCUT2D eigenvalue weighted by molar-refractivity contribution is 8.00. The maximum Gasteiger partial charge on any atom is 0.210 e. The second kappa shape index (κ2) is 8.16. The Morgan fingerprint density at radius 1 is 1.28 bits per heavy atom. The summed E-state index contributed by atoms with van der Waals surface area (Å²) in [7, 11) is 1.66. The Kier molecular flexibility index (Phi) is 5.93. The Bertz CT molecular complexity index is 844. The first-order valence-corrected chi connectivity index (χ1v) is 10.6. The minimum Gasteiger partial charge on any atom is -0.495 e. The van der Waals surface area contributed by atoms with Gasteiger partial charge < -0.3 is 10.1 Å². The number of hydrogen-bond donors (Lipinski definition) is 1. The van der Waals surface area contributed by atoms with Crippen LogP contribution in [0.3, 0.4) is 0 Å². The van der Waals surface area contributed by atoms with Crippen LogP contribution in [-0.4, -0.2) is 22.3 Å². The average Bonchev–Trinajstić information content (AvgIpc) is 3.22. The molecule has 0 amide bonds. The Morgan fingerprint density at radius 2 is 2.12 bits per heavy atom. The lowest BCUT2D eigenvalue weighted by molar-refractivity contribution is 0.416. The second-order valence-electron chi connectivity index (χ2n) is 5.82. The molecule has 0 unspecified atom stereocenters. The number of aryl methyl sites for hydroxylation is 1. The van der Waals surface area contributed by atoms with E-state index >= 15 is 0 Å². The summed E-state index contributed by atoms with van der Waals surface area (Å²) in [5, 5.41) is 15.8. The van der Waals surface area contributed by atoms with Gasteiger partial charge in [-0.1, -0.05) is 43.0 Å². The van der Waals surface area contributed by atoms with Crippen molar-refractivity contribution in [2.75, 3.05) is 12.4 Å². The summed E-state index contributed by atoms with van der Waals surface area (Å²) in [5.41, 5.74) is 3.16. The van der Waals surface area contributed by atoms with Crippen LogP contribution in [0.4, 0.5) is 10.8 Å². The Hall–Kier alpha value is -1.64. The summed E-state index contributed by atoms with van der Waals surface area (Å²) in [5.74, 6) is 2.08. The molecular formula is C17H20N4OS3. The minimum absolute atomic E-state index is 0.477. The maximum atomic E-state index is 5.39. The van der Waals surface area contributed by atoms with Crippen LogP contribution in [0.2, 0.25) is 0 Å². The standard InChI is InChI=1S/C17H20N4OS3/c1-10(2)15-18-12(8-23-15)9-24-17-21-20-16(25-17)19-13-7-11(3)5-6-14(13)22-4/h5-8,10H,9H2,1-4H3,(H,19,20). The number of hydrogen-bond acceptors (Lipinski definition) is 8. The number of thiazole rings is 1. The molecule has 1 N–H and O–H groups in total. The molecule has 0 saturated carbocycles. The molecule has 0 saturated heterocycles. The van der Waals surface area contributed by atoms with Crippen LogP contribution in [0.15, 0.2) is 27.9 Å². The van der Waals surface area contributed by atoms with Crippen LogP contribution in [0.5, 0.6) is 5.75 Å². The molecule has 2 heterocycles. The van der Waals surface area contributed by atoms with Crippen LogP contribution in [-0.2, 0) is 5.75 Å². The number of thioether (sulfide) groups is 1. The fraction of sp³-hybridized carbons (Fsp3) is 0.353. The van der Waals surface area contributed by atoms with Crippen LogP contribution >= 0.6 is 34.4 Å². The van der Waals surface area contributed by atoms with Gasteiger partial charge in [-0.05, 0) is 24.6 Å². The lowest BCUT2D eigenvalue weighted by Crippen LogP contribution is -1.94. The van der Waals surface area contributed by atoms with Gasteiger partial charge in [0.2, 0.25) is 5.13 Å². The number of anilines is 2. The van der Waals surface area contributed by atoms with Crippen molar-refractivity contribution in [1.82, 2.24) is 15.2 Å². The van der Waals surface area contributed by atoms with Gasteiger partial charge in [0.25, 0.3) is 0 Å². The van der Waals surface area contributed by atoms with Gasteiger partial charge in [0.1, 0.15) is 5.75 Å². The average molecular weight is 393 g/mol. The van der Waals surface area contributed by atoms with E-state index in [0.717, 1.165) is 37.9 Å². The largest absolute Gasteiger partial charge is 0.495 e. The number of nitrogens with one attached hydrogen (secondary N) is 1. The van der Waals surface area contributed by atoms with Crippen molar-refractivity contribution in [2.24, 2.45) is 0 Å². The second-order valence-corrected chi connectivity index (χ2v) is 8.91. The number of ether oxygens (including phenoxy) is 1. The monoisotopic (exact) mass is 392 g/mol. The number of benzene rings is 1. The van der Waals surface area contributed by atoms with Crippen LogP contribution in [0.25, 0.3) is 0 Å². The lowest BCUT2D eigenvalue weighted by Gasteiger charge is -2.09. The van der Waals surface area contributed by atoms with Crippen molar-refractivity contribution in [2.45, 2.75) is 36.8 Å². The van der Waals surface area contributed by atoms with Crippen molar-refractivity contribution in [3.63, 3.8) is 0 Å². The fourth-order valence-corrected chi connectivity index (χ4v) is 4.74. The minimum atomic E-state index is 0.477. The first-order chi connectivity index (χ1) is 12.0. The fourth-order valence-electron chi connectivity index (χ4n) is 2.14. The smallest absolute Gasteiger partial charge is 0.210 e. The molecule has 8 heteroatoms. The summed E-state index contributed by atoms with van der Waals surface area (Å²) in [4.78, 5) is 4.65. The molecule has 3 aromatic rings. The Labute approximate surface area is 159 Å². The van der Waals surface area contributed by atoms with Crippen molar-refractivity contribution in [3.05, 3.63) is 39.8 Å². The molecule has 1 aromatic carbocycles. The maximum absolute atomic E-state index is 5.39. The molecule has 0 bridgehead atoms. The van der Waals surface area contributed by atoms with E-state index < -0.39 is 0 Å². The van der Waals surface area contributed by atoms with Gasteiger partial charge >= 0.3 is 0 Å². The lowest BCUT2D eigenvalue weighted by atomic mass is 10.2. The molecule has 132 valence electrons. The van der Waals surface area contributed by atoms with E-state index in [1.165, 1.54) is 16.3 Å². The Morgan fingerprint density at radius 3 is 2.84 bits per heavy atom. The number of methoxy groups -OCH3 is 1. The van der Waals surface area contributed by atoms with Crippen LogP contribution in [0.1, 0.15) is 36.0 Å². The van der Waals surface area contributed by atoms with E-state index in [4.69, 9.17) is 4.74 Å². The third-order valence-corrected chi connectivity index (χ3v) is 6.61. The van der Waals surface area contributed by atoms with Gasteiger partial charge in [0.05, 0.1) is 23.5 Å². The molecule has 25 heavy (non-hydrogen) atoms. The highest BCUT2D eigenvalue weighted by Crippen LogP contribution is 2.33. The summed E-state index contributed by atoms with van der Waals surface area (Å²) >= 11 is 4.92. The number of nitrogens with zero attached hydrogens (tertiary/aromatic N) is 3. The molecule has 0 aliphatic heterocycles. The van der Waals surface area contributed by atoms with E-state index in [-0.39, 0.29) is 0 Å². The zero-order valence-corrected chi connectivity index (χ0v) is 17.0. The van der Waals surface area contributed by atoms with Gasteiger partial charge in [-0.25, -0.2) is 4.98 Å². The summed E-state index contributed by atoms with van der Waals surface area (Å²) < 4.78 is 6.31. The van der Waals surface area contributed by atoms with E-state index in [1.807, 2.05) is 25.1 Å². The van der Waals surface area contributed by atoms with Gasteiger partial charge in [-0.3, -0.25) is 0 Å². The first-order valence-electron chi connectivity index (χ1n) is 7.87. The Balaban J connectivity index is 1.63. The van der Waals surface area contributed by atoms with Gasteiger partial charge in [0.15, 0.2) is 4.34 Å². The molecule has 0 spiro atoms. The number of rotatable bonds is 7. The number of aromatic nitrogens is 3. The summed E-state index contributed by atoms with van der Waals surface area (Å²) in [6.45, 7) is 6.38.